The third kappa shape index (κ3) is 2.43. The lowest BCUT2D eigenvalue weighted by Crippen LogP contribution is -1.99. The Balaban J connectivity index is 2.59. The van der Waals surface area contributed by atoms with Crippen LogP contribution in [0.15, 0.2) is 36.4 Å². The van der Waals surface area contributed by atoms with Crippen LogP contribution in [-0.2, 0) is 0 Å². The van der Waals surface area contributed by atoms with Crippen molar-refractivity contribution in [1.82, 2.24) is 0 Å². The highest BCUT2D eigenvalue weighted by Crippen LogP contribution is 2.31. The number of terminal acetylenes is 1. The first-order valence-electron chi connectivity index (χ1n) is 5.85. The topological polar surface area (TPSA) is 9.23 Å². The minimum atomic E-state index is -0.994. The Morgan fingerprint density at radius 2 is 1.79 bits per heavy atom. The zero-order valence-corrected chi connectivity index (χ0v) is 10.4. The Bertz CT molecular complexity index is 642. The quantitative estimate of drug-likeness (QED) is 0.756. The van der Waals surface area contributed by atoms with Crippen LogP contribution in [0.4, 0.5) is 8.78 Å². The van der Waals surface area contributed by atoms with Crippen LogP contribution in [0.2, 0.25) is 0 Å². The van der Waals surface area contributed by atoms with Crippen LogP contribution in [0.1, 0.15) is 12.5 Å². The summed E-state index contributed by atoms with van der Waals surface area (Å²) in [5, 5.41) is 0. The summed E-state index contributed by atoms with van der Waals surface area (Å²) in [6.07, 6.45) is 5.36. The summed E-state index contributed by atoms with van der Waals surface area (Å²) in [6, 6.07) is 9.70. The molecular weight excluding hydrogens is 246 g/mol. The van der Waals surface area contributed by atoms with Gasteiger partial charge in [-0.1, -0.05) is 24.1 Å². The van der Waals surface area contributed by atoms with Crippen LogP contribution in [0, 0.1) is 24.0 Å². The van der Waals surface area contributed by atoms with Gasteiger partial charge in [0.25, 0.3) is 0 Å². The molecule has 96 valence electrons. The summed E-state index contributed by atoms with van der Waals surface area (Å²) in [4.78, 5) is 0. The number of rotatable bonds is 3. The molecule has 0 fully saturated rings. The van der Waals surface area contributed by atoms with Crippen LogP contribution in [0.5, 0.6) is 5.75 Å². The predicted molar refractivity (Wildman–Crippen MR) is 70.9 cm³/mol. The lowest BCUT2D eigenvalue weighted by Gasteiger charge is -2.10. The molecule has 2 aromatic rings. The van der Waals surface area contributed by atoms with E-state index in [0.29, 0.717) is 11.1 Å². The molecule has 0 aliphatic heterocycles. The van der Waals surface area contributed by atoms with Crippen LogP contribution < -0.4 is 4.74 Å². The first-order valence-corrected chi connectivity index (χ1v) is 5.85. The summed E-state index contributed by atoms with van der Waals surface area (Å²) in [6.45, 7) is 1.98. The zero-order valence-electron chi connectivity index (χ0n) is 10.4. The standard InChI is InChI=1S/C16H12F2O/c1-3-11-7-5-6-8-12(11)13-9-10-14(19-4-2)16(18)15(13)17/h1,5-10H,4H2,2H3. The van der Waals surface area contributed by atoms with Crippen molar-refractivity contribution in [1.29, 1.82) is 0 Å². The van der Waals surface area contributed by atoms with Crippen molar-refractivity contribution in [2.75, 3.05) is 6.61 Å². The molecule has 2 aromatic carbocycles. The molecule has 0 bridgehead atoms. The van der Waals surface area contributed by atoms with Crippen LogP contribution >= 0.6 is 0 Å². The number of hydrogen-bond acceptors (Lipinski definition) is 1. The Morgan fingerprint density at radius 3 is 2.47 bits per heavy atom. The van der Waals surface area contributed by atoms with Crippen LogP contribution in [0.25, 0.3) is 11.1 Å². The van der Waals surface area contributed by atoms with Gasteiger partial charge in [-0.15, -0.1) is 6.42 Å². The minimum Gasteiger partial charge on any atom is -0.491 e. The fourth-order valence-corrected chi connectivity index (χ4v) is 1.85. The zero-order chi connectivity index (χ0) is 13.8. The highest BCUT2D eigenvalue weighted by molar-refractivity contribution is 5.72. The lowest BCUT2D eigenvalue weighted by atomic mass is 9.99. The summed E-state index contributed by atoms with van der Waals surface area (Å²) in [7, 11) is 0. The van der Waals surface area contributed by atoms with Crippen molar-refractivity contribution < 1.29 is 13.5 Å². The average Bonchev–Trinajstić information content (AvgIpc) is 2.44. The van der Waals surface area contributed by atoms with E-state index >= 15 is 0 Å². The van der Waals surface area contributed by atoms with E-state index in [2.05, 4.69) is 5.92 Å². The summed E-state index contributed by atoms with van der Waals surface area (Å²) >= 11 is 0. The van der Waals surface area contributed by atoms with Crippen molar-refractivity contribution in [2.45, 2.75) is 6.92 Å². The van der Waals surface area contributed by atoms with E-state index in [4.69, 9.17) is 11.2 Å². The van der Waals surface area contributed by atoms with Crippen molar-refractivity contribution in [3.05, 3.63) is 53.6 Å². The molecule has 0 radical (unpaired) electrons. The molecule has 0 aromatic heterocycles. The second kappa shape index (κ2) is 5.53. The maximum atomic E-state index is 14.1. The number of ether oxygens (including phenoxy) is 1. The molecule has 0 atom stereocenters. The maximum Gasteiger partial charge on any atom is 0.201 e. The fourth-order valence-electron chi connectivity index (χ4n) is 1.85. The van der Waals surface area contributed by atoms with E-state index < -0.39 is 11.6 Å². The molecule has 0 heterocycles. The first-order chi connectivity index (χ1) is 9.19. The van der Waals surface area contributed by atoms with E-state index in [9.17, 15) is 8.78 Å². The third-order valence-electron chi connectivity index (χ3n) is 2.72. The second-order valence-electron chi connectivity index (χ2n) is 3.86. The first kappa shape index (κ1) is 13.1. The van der Waals surface area contributed by atoms with Gasteiger partial charge in [0.2, 0.25) is 5.82 Å². The van der Waals surface area contributed by atoms with Gasteiger partial charge >= 0.3 is 0 Å². The highest BCUT2D eigenvalue weighted by Gasteiger charge is 2.16. The molecule has 3 heteroatoms. The molecule has 1 nitrogen and oxygen atoms in total. The second-order valence-corrected chi connectivity index (χ2v) is 3.86. The molecule has 0 saturated heterocycles. The van der Waals surface area contributed by atoms with Gasteiger partial charge in [-0.25, -0.2) is 4.39 Å². The molecule has 0 aliphatic rings. The fraction of sp³-hybridized carbons (Fsp3) is 0.125. The Hall–Kier alpha value is -2.34. The normalized spacial score (nSPS) is 10.0. The molecule has 0 amide bonds. The maximum absolute atomic E-state index is 14.1. The Kier molecular flexibility index (Phi) is 3.82. The van der Waals surface area contributed by atoms with Gasteiger partial charge in [-0.05, 0) is 25.1 Å². The third-order valence-corrected chi connectivity index (χ3v) is 2.72. The Labute approximate surface area is 110 Å². The van der Waals surface area contributed by atoms with E-state index in [-0.39, 0.29) is 17.9 Å². The molecule has 0 saturated carbocycles. The predicted octanol–water partition coefficient (Wildman–Crippen LogP) is 4.01. The van der Waals surface area contributed by atoms with E-state index in [1.165, 1.54) is 12.1 Å². The number of hydrogen-bond donors (Lipinski definition) is 0. The van der Waals surface area contributed by atoms with E-state index in [1.807, 2.05) is 0 Å². The smallest absolute Gasteiger partial charge is 0.201 e. The molecule has 0 aliphatic carbocycles. The number of halogens is 2. The minimum absolute atomic E-state index is 0.0954. The largest absolute Gasteiger partial charge is 0.491 e. The van der Waals surface area contributed by atoms with Crippen LogP contribution in [-0.4, -0.2) is 6.61 Å². The molecule has 2 rings (SSSR count). The molecule has 0 N–H and O–H groups in total. The molecule has 0 unspecified atom stereocenters. The van der Waals surface area contributed by atoms with Gasteiger partial charge in [0.1, 0.15) is 0 Å². The van der Waals surface area contributed by atoms with Gasteiger partial charge in [-0.2, -0.15) is 4.39 Å². The summed E-state index contributed by atoms with van der Waals surface area (Å²) in [5.41, 5.74) is 1.14. The molecular formula is C16H12F2O. The van der Waals surface area contributed by atoms with Gasteiger partial charge in [0.15, 0.2) is 11.6 Å². The monoisotopic (exact) mass is 258 g/mol. The van der Waals surface area contributed by atoms with E-state index in [0.717, 1.165) is 0 Å². The SMILES string of the molecule is C#Cc1ccccc1-c1ccc(OCC)c(F)c1F. The Morgan fingerprint density at radius 1 is 1.05 bits per heavy atom. The van der Waals surface area contributed by atoms with Crippen molar-refractivity contribution in [2.24, 2.45) is 0 Å². The van der Waals surface area contributed by atoms with Gasteiger partial charge < -0.3 is 4.74 Å². The summed E-state index contributed by atoms with van der Waals surface area (Å²) in [5.74, 6) is 0.420. The van der Waals surface area contributed by atoms with Gasteiger partial charge in [0.05, 0.1) is 6.61 Å². The average molecular weight is 258 g/mol. The van der Waals surface area contributed by atoms with Crippen molar-refractivity contribution in [3.8, 4) is 29.2 Å². The van der Waals surface area contributed by atoms with E-state index in [1.54, 1.807) is 31.2 Å². The highest BCUT2D eigenvalue weighted by atomic mass is 19.2. The van der Waals surface area contributed by atoms with Gasteiger partial charge in [-0.3, -0.25) is 0 Å². The number of benzene rings is 2. The molecule has 0 spiro atoms. The molecule has 19 heavy (non-hydrogen) atoms. The van der Waals surface area contributed by atoms with Crippen molar-refractivity contribution in [3.63, 3.8) is 0 Å². The lowest BCUT2D eigenvalue weighted by molar-refractivity contribution is 0.314. The van der Waals surface area contributed by atoms with Crippen LogP contribution in [0.3, 0.4) is 0 Å². The summed E-state index contributed by atoms with van der Waals surface area (Å²) < 4.78 is 32.9. The van der Waals surface area contributed by atoms with Gasteiger partial charge in [0, 0.05) is 16.7 Å². The van der Waals surface area contributed by atoms with Crippen molar-refractivity contribution >= 4 is 0 Å².